The summed E-state index contributed by atoms with van der Waals surface area (Å²) in [6.07, 6.45) is 2.70. The van der Waals surface area contributed by atoms with Crippen molar-refractivity contribution in [3.63, 3.8) is 0 Å². The highest BCUT2D eigenvalue weighted by Crippen LogP contribution is 2.23. The lowest BCUT2D eigenvalue weighted by atomic mass is 10.1. The molecule has 0 aliphatic carbocycles. The summed E-state index contributed by atoms with van der Waals surface area (Å²) in [5, 5.41) is 2.04. The van der Waals surface area contributed by atoms with E-state index in [1.54, 1.807) is 0 Å². The number of hydrogen-bond donors (Lipinski definition) is 1. The summed E-state index contributed by atoms with van der Waals surface area (Å²) in [6.45, 7) is 3.55. The molecule has 2 nitrogen and oxygen atoms in total. The Hall–Kier alpha value is -0.860. The molecule has 82 valence electrons. The molecule has 0 bridgehead atoms. The van der Waals surface area contributed by atoms with Crippen molar-refractivity contribution in [2.24, 2.45) is 0 Å². The van der Waals surface area contributed by atoms with E-state index in [0.29, 0.717) is 6.04 Å². The van der Waals surface area contributed by atoms with Crippen molar-refractivity contribution in [1.82, 2.24) is 4.90 Å². The van der Waals surface area contributed by atoms with Crippen LogP contribution in [0.15, 0.2) is 30.3 Å². The molecule has 1 aliphatic rings. The fourth-order valence-electron chi connectivity index (χ4n) is 2.38. The second-order valence-corrected chi connectivity index (χ2v) is 4.19. The average Bonchev–Trinajstić information content (AvgIpc) is 2.80. The maximum atomic E-state index is 3.87. The number of likely N-dealkylation sites (tertiary alicyclic amines) is 1. The number of nitrogens with zero attached hydrogens (tertiary/aromatic N) is 1. The molecule has 2 rings (SSSR count). The van der Waals surface area contributed by atoms with Gasteiger partial charge < -0.3 is 5.32 Å². The van der Waals surface area contributed by atoms with E-state index in [2.05, 4.69) is 42.3 Å². The van der Waals surface area contributed by atoms with Crippen molar-refractivity contribution in [3.05, 3.63) is 42.9 Å². The number of rotatable bonds is 4. The Morgan fingerprint density at radius 3 is 2.47 bits per heavy atom. The Kier molecular flexibility index (Phi) is 3.75. The smallest absolute Gasteiger partial charge is 0.0822 e. The van der Waals surface area contributed by atoms with Crippen molar-refractivity contribution in [3.8, 4) is 0 Å². The fraction of sp³-hybridized carbons (Fsp3) is 0.462. The molecule has 1 fully saturated rings. The van der Waals surface area contributed by atoms with Crippen LogP contribution in [0.1, 0.15) is 24.4 Å². The highest BCUT2D eigenvalue weighted by Gasteiger charge is 2.23. The lowest BCUT2D eigenvalue weighted by molar-refractivity contribution is -0.601. The summed E-state index contributed by atoms with van der Waals surface area (Å²) in [7, 11) is 3.87. The summed E-state index contributed by atoms with van der Waals surface area (Å²) in [6, 6.07) is 11.3. The summed E-state index contributed by atoms with van der Waals surface area (Å²) in [4.78, 5) is 2.58. The lowest BCUT2D eigenvalue weighted by Crippen LogP contribution is -2.79. The molecule has 0 spiro atoms. The molecule has 0 aromatic heterocycles. The molecule has 1 aliphatic heterocycles. The first-order valence-electron chi connectivity index (χ1n) is 5.81. The Morgan fingerprint density at radius 1 is 1.20 bits per heavy atom. The summed E-state index contributed by atoms with van der Waals surface area (Å²) < 4.78 is 0. The van der Waals surface area contributed by atoms with Crippen molar-refractivity contribution in [2.45, 2.75) is 18.9 Å². The van der Waals surface area contributed by atoms with Crippen molar-refractivity contribution >= 4 is 0 Å². The molecule has 1 aromatic rings. The van der Waals surface area contributed by atoms with Gasteiger partial charge in [0, 0.05) is 0 Å². The number of benzene rings is 1. The third-order valence-corrected chi connectivity index (χ3v) is 3.16. The normalized spacial score (nSPS) is 19.3. The highest BCUT2D eigenvalue weighted by molar-refractivity contribution is 5.19. The minimum absolute atomic E-state index is 0.547. The predicted octanol–water partition coefficient (Wildman–Crippen LogP) is 1.18. The summed E-state index contributed by atoms with van der Waals surface area (Å²) in [5.74, 6) is 0. The van der Waals surface area contributed by atoms with Crippen LogP contribution < -0.4 is 5.32 Å². The number of nitrogens with two attached hydrogens (primary N) is 1. The number of quaternary nitrogens is 1. The third-order valence-electron chi connectivity index (χ3n) is 3.16. The van der Waals surface area contributed by atoms with E-state index in [1.165, 1.54) is 31.5 Å². The van der Waals surface area contributed by atoms with Crippen LogP contribution in [0.2, 0.25) is 0 Å². The van der Waals surface area contributed by atoms with E-state index in [9.17, 15) is 0 Å². The minimum Gasteiger partial charge on any atom is -0.477 e. The van der Waals surface area contributed by atoms with Crippen LogP contribution in [0.3, 0.4) is 0 Å². The molecule has 2 N–H and O–H groups in total. The molecule has 1 saturated heterocycles. The van der Waals surface area contributed by atoms with Gasteiger partial charge in [-0.3, -0.25) is 4.90 Å². The molecule has 1 unspecified atom stereocenters. The molecule has 1 aromatic carbocycles. The second-order valence-electron chi connectivity index (χ2n) is 4.19. The van der Waals surface area contributed by atoms with Crippen molar-refractivity contribution in [2.75, 3.05) is 19.6 Å². The van der Waals surface area contributed by atoms with Gasteiger partial charge in [0.25, 0.3) is 0 Å². The second kappa shape index (κ2) is 5.29. The Labute approximate surface area is 92.3 Å². The molecule has 1 atom stereocenters. The first-order chi connectivity index (χ1) is 7.42. The third kappa shape index (κ3) is 2.58. The van der Waals surface area contributed by atoms with E-state index in [1.807, 2.05) is 5.32 Å². The Bertz CT molecular complexity index is 278. The first kappa shape index (κ1) is 10.7. The van der Waals surface area contributed by atoms with Crippen LogP contribution in [-0.4, -0.2) is 24.5 Å². The Balaban J connectivity index is 2.11. The zero-order chi connectivity index (χ0) is 10.5. The van der Waals surface area contributed by atoms with E-state index in [0.717, 1.165) is 6.54 Å². The minimum atomic E-state index is 0.547. The summed E-state index contributed by atoms with van der Waals surface area (Å²) >= 11 is 0. The van der Waals surface area contributed by atoms with Crippen LogP contribution >= 0.6 is 0 Å². The van der Waals surface area contributed by atoms with Crippen molar-refractivity contribution < 1.29 is 5.32 Å². The SMILES string of the molecule is [CH2-][NH2+]CC(c1ccccc1)N1CCCC1. The van der Waals surface area contributed by atoms with Gasteiger partial charge in [0.1, 0.15) is 0 Å². The zero-order valence-electron chi connectivity index (χ0n) is 9.23. The van der Waals surface area contributed by atoms with Crippen LogP contribution in [-0.2, 0) is 0 Å². The monoisotopic (exact) mass is 204 g/mol. The van der Waals surface area contributed by atoms with Gasteiger partial charge in [0.15, 0.2) is 0 Å². The molecular formula is C13H20N2. The van der Waals surface area contributed by atoms with Crippen LogP contribution in [0, 0.1) is 7.05 Å². The lowest BCUT2D eigenvalue weighted by Gasteiger charge is -2.27. The van der Waals surface area contributed by atoms with Gasteiger partial charge in [0.2, 0.25) is 0 Å². The molecule has 1 heterocycles. The highest BCUT2D eigenvalue weighted by atomic mass is 15.2. The summed E-state index contributed by atoms with van der Waals surface area (Å²) in [5.41, 5.74) is 1.43. The molecular weight excluding hydrogens is 184 g/mol. The molecule has 0 radical (unpaired) electrons. The maximum Gasteiger partial charge on any atom is 0.0822 e. The van der Waals surface area contributed by atoms with E-state index in [4.69, 9.17) is 0 Å². The van der Waals surface area contributed by atoms with E-state index >= 15 is 0 Å². The largest absolute Gasteiger partial charge is 0.477 e. The molecule has 0 amide bonds. The van der Waals surface area contributed by atoms with Gasteiger partial charge >= 0.3 is 0 Å². The van der Waals surface area contributed by atoms with Gasteiger partial charge in [-0.25, -0.2) is 0 Å². The molecule has 0 saturated carbocycles. The molecule has 2 heteroatoms. The van der Waals surface area contributed by atoms with Crippen LogP contribution in [0.4, 0.5) is 0 Å². The topological polar surface area (TPSA) is 19.9 Å². The van der Waals surface area contributed by atoms with Gasteiger partial charge in [-0.1, -0.05) is 30.3 Å². The molecule has 15 heavy (non-hydrogen) atoms. The fourth-order valence-corrected chi connectivity index (χ4v) is 2.38. The average molecular weight is 204 g/mol. The van der Waals surface area contributed by atoms with Gasteiger partial charge in [-0.2, -0.15) is 7.05 Å². The van der Waals surface area contributed by atoms with E-state index in [-0.39, 0.29) is 0 Å². The first-order valence-corrected chi connectivity index (χ1v) is 5.81. The quantitative estimate of drug-likeness (QED) is 0.730. The van der Waals surface area contributed by atoms with Crippen LogP contribution in [0.25, 0.3) is 0 Å². The van der Waals surface area contributed by atoms with E-state index < -0.39 is 0 Å². The maximum absolute atomic E-state index is 3.87. The zero-order valence-corrected chi connectivity index (χ0v) is 9.23. The number of hydrogen-bond acceptors (Lipinski definition) is 1. The van der Waals surface area contributed by atoms with Gasteiger partial charge in [-0.05, 0) is 31.5 Å². The van der Waals surface area contributed by atoms with Gasteiger partial charge in [0.05, 0.1) is 12.6 Å². The Morgan fingerprint density at radius 2 is 1.87 bits per heavy atom. The predicted molar refractivity (Wildman–Crippen MR) is 62.1 cm³/mol. The van der Waals surface area contributed by atoms with Gasteiger partial charge in [-0.15, -0.1) is 0 Å². The van der Waals surface area contributed by atoms with Crippen LogP contribution in [0.5, 0.6) is 0 Å². The van der Waals surface area contributed by atoms with Crippen molar-refractivity contribution in [1.29, 1.82) is 0 Å². The standard InChI is InChI=1S/C13H20N2/c1-14-11-13(15-9-5-6-10-15)12-7-3-2-4-8-12/h2-4,7-8,13H,1,5-6,9-11,14H2.